The largest absolute Gasteiger partial charge is 0.370 e. The molecule has 2 N–H and O–H groups in total. The average Bonchev–Trinajstić information content (AvgIpc) is 2.72. The molecule has 5 nitrogen and oxygen atoms in total. The highest BCUT2D eigenvalue weighted by atomic mass is 35.5. The van der Waals surface area contributed by atoms with Crippen molar-refractivity contribution in [2.24, 2.45) is 0 Å². The number of hydrogen-bond acceptors (Lipinski definition) is 3. The molecule has 2 amide bonds. The highest BCUT2D eigenvalue weighted by molar-refractivity contribution is 6.31. The molecule has 0 saturated carbocycles. The molecule has 3 rings (SSSR count). The number of hydrogen-bond donors (Lipinski definition) is 2. The van der Waals surface area contributed by atoms with Crippen LogP contribution in [0, 0.1) is 0 Å². The molecule has 2 aromatic carbocycles. The van der Waals surface area contributed by atoms with E-state index in [4.69, 9.17) is 11.6 Å². The highest BCUT2D eigenvalue weighted by Gasteiger charge is 2.16. The van der Waals surface area contributed by atoms with Gasteiger partial charge in [0.25, 0.3) is 5.91 Å². The zero-order valence-corrected chi connectivity index (χ0v) is 16.7. The summed E-state index contributed by atoms with van der Waals surface area (Å²) in [5, 5.41) is 6.44. The molecule has 6 heteroatoms. The van der Waals surface area contributed by atoms with Crippen molar-refractivity contribution in [2.45, 2.75) is 32.1 Å². The summed E-state index contributed by atoms with van der Waals surface area (Å²) >= 11 is 6.14. The lowest BCUT2D eigenvalue weighted by Crippen LogP contribution is -2.30. The fourth-order valence-corrected chi connectivity index (χ4v) is 3.55. The van der Waals surface area contributed by atoms with Gasteiger partial charge in [0.05, 0.1) is 11.4 Å². The second kappa shape index (κ2) is 10.1. The third kappa shape index (κ3) is 5.73. The third-order valence-corrected chi connectivity index (χ3v) is 5.07. The minimum atomic E-state index is -0.122. The highest BCUT2D eigenvalue weighted by Crippen LogP contribution is 2.31. The Morgan fingerprint density at radius 2 is 1.75 bits per heavy atom. The van der Waals surface area contributed by atoms with Crippen molar-refractivity contribution in [2.75, 3.05) is 29.9 Å². The Labute approximate surface area is 171 Å². The minimum Gasteiger partial charge on any atom is -0.370 e. The lowest BCUT2D eigenvalue weighted by Gasteiger charge is -2.30. The van der Waals surface area contributed by atoms with Crippen molar-refractivity contribution in [1.82, 2.24) is 5.32 Å². The van der Waals surface area contributed by atoms with E-state index in [1.54, 1.807) is 18.2 Å². The number of carbonyl (C=O) groups excluding carboxylic acids is 2. The fourth-order valence-electron chi connectivity index (χ4n) is 3.37. The van der Waals surface area contributed by atoms with Gasteiger partial charge < -0.3 is 15.5 Å². The predicted molar refractivity (Wildman–Crippen MR) is 114 cm³/mol. The lowest BCUT2D eigenvalue weighted by atomic mass is 10.1. The Kier molecular flexibility index (Phi) is 7.31. The van der Waals surface area contributed by atoms with E-state index in [0.29, 0.717) is 30.0 Å². The van der Waals surface area contributed by atoms with Gasteiger partial charge in [-0.2, -0.15) is 0 Å². The standard InChI is InChI=1S/C22H26ClN3O2/c23-18-11-12-20(26-14-5-2-6-15-26)19(16-18)25-21(27)10-7-13-24-22(28)17-8-3-1-4-9-17/h1,3-4,8-9,11-12,16H,2,5-7,10,13-15H2,(H,24,28)(H,25,27). The fraction of sp³-hybridized carbons (Fsp3) is 0.364. The Morgan fingerprint density at radius 3 is 2.50 bits per heavy atom. The molecule has 1 aliphatic rings. The average molecular weight is 400 g/mol. The summed E-state index contributed by atoms with van der Waals surface area (Å²) < 4.78 is 0. The summed E-state index contributed by atoms with van der Waals surface area (Å²) in [6.07, 6.45) is 4.49. The van der Waals surface area contributed by atoms with Gasteiger partial charge in [-0.3, -0.25) is 9.59 Å². The van der Waals surface area contributed by atoms with Crippen LogP contribution in [0.5, 0.6) is 0 Å². The van der Waals surface area contributed by atoms with Crippen molar-refractivity contribution in [3.8, 4) is 0 Å². The van der Waals surface area contributed by atoms with Crippen LogP contribution in [0.3, 0.4) is 0 Å². The predicted octanol–water partition coefficient (Wildman–Crippen LogP) is 4.48. The summed E-state index contributed by atoms with van der Waals surface area (Å²) in [7, 11) is 0. The van der Waals surface area contributed by atoms with Gasteiger partial charge in [-0.05, 0) is 56.0 Å². The zero-order valence-electron chi connectivity index (χ0n) is 15.9. The maximum absolute atomic E-state index is 12.4. The van der Waals surface area contributed by atoms with Gasteiger partial charge in [0.1, 0.15) is 0 Å². The monoisotopic (exact) mass is 399 g/mol. The van der Waals surface area contributed by atoms with Crippen LogP contribution in [0.4, 0.5) is 11.4 Å². The quantitative estimate of drug-likeness (QED) is 0.675. The van der Waals surface area contributed by atoms with Gasteiger partial charge in [0, 0.05) is 36.6 Å². The van der Waals surface area contributed by atoms with Gasteiger partial charge in [-0.25, -0.2) is 0 Å². The van der Waals surface area contributed by atoms with E-state index < -0.39 is 0 Å². The van der Waals surface area contributed by atoms with E-state index in [2.05, 4.69) is 15.5 Å². The molecule has 1 aliphatic heterocycles. The minimum absolute atomic E-state index is 0.0745. The van der Waals surface area contributed by atoms with E-state index in [1.165, 1.54) is 6.42 Å². The molecule has 0 spiro atoms. The molecule has 148 valence electrons. The molecule has 0 unspecified atom stereocenters. The van der Waals surface area contributed by atoms with E-state index in [9.17, 15) is 9.59 Å². The maximum Gasteiger partial charge on any atom is 0.251 e. The number of nitrogens with zero attached hydrogens (tertiary/aromatic N) is 1. The summed E-state index contributed by atoms with van der Waals surface area (Å²) in [4.78, 5) is 26.7. The van der Waals surface area contributed by atoms with Gasteiger partial charge in [-0.1, -0.05) is 29.8 Å². The molecular formula is C22H26ClN3O2. The molecule has 1 heterocycles. The number of nitrogens with one attached hydrogen (secondary N) is 2. The lowest BCUT2D eigenvalue weighted by molar-refractivity contribution is -0.116. The molecule has 0 bridgehead atoms. The number of halogens is 1. The van der Waals surface area contributed by atoms with Crippen LogP contribution in [-0.4, -0.2) is 31.4 Å². The molecule has 0 aromatic heterocycles. The van der Waals surface area contributed by atoms with Crippen LogP contribution >= 0.6 is 11.6 Å². The van der Waals surface area contributed by atoms with Crippen molar-refractivity contribution in [3.63, 3.8) is 0 Å². The van der Waals surface area contributed by atoms with E-state index in [1.807, 2.05) is 30.3 Å². The molecule has 1 fully saturated rings. The second-order valence-electron chi connectivity index (χ2n) is 6.98. The van der Waals surface area contributed by atoms with E-state index in [0.717, 1.165) is 37.3 Å². The Balaban J connectivity index is 1.49. The van der Waals surface area contributed by atoms with Crippen LogP contribution in [0.25, 0.3) is 0 Å². The Morgan fingerprint density at radius 1 is 1.00 bits per heavy atom. The number of benzene rings is 2. The van der Waals surface area contributed by atoms with Crippen LogP contribution in [0.2, 0.25) is 5.02 Å². The number of amides is 2. The first-order valence-corrected chi connectivity index (χ1v) is 10.2. The topological polar surface area (TPSA) is 61.4 Å². The number of carbonyl (C=O) groups is 2. The summed E-state index contributed by atoms with van der Waals surface area (Å²) in [5.74, 6) is -0.197. The molecule has 0 aliphatic carbocycles. The van der Waals surface area contributed by atoms with Crippen molar-refractivity contribution in [1.29, 1.82) is 0 Å². The van der Waals surface area contributed by atoms with Crippen molar-refractivity contribution in [3.05, 3.63) is 59.1 Å². The van der Waals surface area contributed by atoms with Crippen LogP contribution in [-0.2, 0) is 4.79 Å². The van der Waals surface area contributed by atoms with Crippen molar-refractivity contribution >= 4 is 34.8 Å². The van der Waals surface area contributed by atoms with Gasteiger partial charge in [-0.15, -0.1) is 0 Å². The molecule has 2 aromatic rings. The number of piperidine rings is 1. The van der Waals surface area contributed by atoms with Gasteiger partial charge in [0.15, 0.2) is 0 Å². The number of anilines is 2. The normalized spacial score (nSPS) is 13.8. The first-order valence-electron chi connectivity index (χ1n) is 9.81. The smallest absolute Gasteiger partial charge is 0.251 e. The van der Waals surface area contributed by atoms with E-state index >= 15 is 0 Å². The molecule has 28 heavy (non-hydrogen) atoms. The zero-order chi connectivity index (χ0) is 19.8. The van der Waals surface area contributed by atoms with Gasteiger partial charge in [0.2, 0.25) is 5.91 Å². The number of rotatable bonds is 7. The maximum atomic E-state index is 12.4. The Hall–Kier alpha value is -2.53. The molecule has 0 atom stereocenters. The third-order valence-electron chi connectivity index (χ3n) is 4.83. The summed E-state index contributed by atoms with van der Waals surface area (Å²) in [6.45, 7) is 2.45. The molecular weight excluding hydrogens is 374 g/mol. The van der Waals surface area contributed by atoms with Crippen LogP contribution in [0.15, 0.2) is 48.5 Å². The molecule has 0 radical (unpaired) electrons. The van der Waals surface area contributed by atoms with Crippen LogP contribution < -0.4 is 15.5 Å². The second-order valence-corrected chi connectivity index (χ2v) is 7.42. The first-order chi connectivity index (χ1) is 13.6. The Bertz CT molecular complexity index is 805. The summed E-state index contributed by atoms with van der Waals surface area (Å²) in [6, 6.07) is 14.7. The SMILES string of the molecule is O=C(CCCNC(=O)c1ccccc1)Nc1cc(Cl)ccc1N1CCCCC1. The first kappa shape index (κ1) is 20.2. The summed E-state index contributed by atoms with van der Waals surface area (Å²) in [5.41, 5.74) is 2.40. The van der Waals surface area contributed by atoms with Gasteiger partial charge >= 0.3 is 0 Å². The van der Waals surface area contributed by atoms with Crippen molar-refractivity contribution < 1.29 is 9.59 Å². The molecule has 1 saturated heterocycles. The van der Waals surface area contributed by atoms with E-state index in [-0.39, 0.29) is 11.8 Å². The van der Waals surface area contributed by atoms with Crippen LogP contribution in [0.1, 0.15) is 42.5 Å².